The summed E-state index contributed by atoms with van der Waals surface area (Å²) in [5, 5.41) is 5.96. The summed E-state index contributed by atoms with van der Waals surface area (Å²) in [5.41, 5.74) is 1.66. The van der Waals surface area contributed by atoms with E-state index in [1.165, 1.54) is 6.08 Å². The fraction of sp³-hybridized carbons (Fsp3) is 0.360. The van der Waals surface area contributed by atoms with Crippen molar-refractivity contribution in [1.29, 1.82) is 0 Å². The van der Waals surface area contributed by atoms with Gasteiger partial charge in [-0.3, -0.25) is 14.5 Å². The quantitative estimate of drug-likeness (QED) is 0.589. The molecule has 7 nitrogen and oxygen atoms in total. The lowest BCUT2D eigenvalue weighted by atomic mass is 10.0. The molecule has 170 valence electrons. The molecule has 2 aromatic carbocycles. The molecular weight excluding hydrogens is 406 g/mol. The van der Waals surface area contributed by atoms with Crippen LogP contribution in [0.25, 0.3) is 6.08 Å². The molecule has 32 heavy (non-hydrogen) atoms. The first-order chi connectivity index (χ1) is 15.6. The number of amides is 2. The molecule has 1 fully saturated rings. The topological polar surface area (TPSA) is 79.9 Å². The van der Waals surface area contributed by atoms with Crippen LogP contribution in [-0.4, -0.2) is 56.1 Å². The number of rotatable bonds is 9. The molecule has 0 radical (unpaired) electrons. The summed E-state index contributed by atoms with van der Waals surface area (Å²) >= 11 is 0. The fourth-order valence-corrected chi connectivity index (χ4v) is 3.64. The standard InChI is InChI=1S/C25H31N3O4/c1-3-32-22-11-9-19(17-23(22)31-2)10-12-24(29)26-21-13-15-28(16-14-21)18-25(30)27-20-7-5-4-6-8-20/h4-12,17,21H,3,13-16,18H2,1-2H3,(H,26,29)(H,27,30)/b12-10+. The van der Waals surface area contributed by atoms with E-state index in [1.807, 2.05) is 55.5 Å². The van der Waals surface area contributed by atoms with Gasteiger partial charge in [0.05, 0.1) is 20.3 Å². The summed E-state index contributed by atoms with van der Waals surface area (Å²) < 4.78 is 10.9. The summed E-state index contributed by atoms with van der Waals surface area (Å²) in [5.74, 6) is 1.17. The smallest absolute Gasteiger partial charge is 0.244 e. The molecule has 2 aromatic rings. The van der Waals surface area contributed by atoms with Crippen LogP contribution in [0.2, 0.25) is 0 Å². The number of nitrogens with zero attached hydrogens (tertiary/aromatic N) is 1. The van der Waals surface area contributed by atoms with Crippen molar-refractivity contribution in [3.05, 3.63) is 60.2 Å². The largest absolute Gasteiger partial charge is 0.493 e. The third-order valence-corrected chi connectivity index (χ3v) is 5.27. The maximum atomic E-state index is 12.3. The van der Waals surface area contributed by atoms with Gasteiger partial charge >= 0.3 is 0 Å². The predicted octanol–water partition coefficient (Wildman–Crippen LogP) is 3.33. The Morgan fingerprint density at radius 3 is 2.53 bits per heavy atom. The number of carbonyl (C=O) groups is 2. The van der Waals surface area contributed by atoms with Crippen molar-refractivity contribution in [3.63, 3.8) is 0 Å². The zero-order valence-corrected chi connectivity index (χ0v) is 18.7. The Morgan fingerprint density at radius 1 is 1.09 bits per heavy atom. The van der Waals surface area contributed by atoms with Crippen molar-refractivity contribution in [3.8, 4) is 11.5 Å². The average Bonchev–Trinajstić information content (AvgIpc) is 2.80. The molecule has 1 aliphatic rings. The highest BCUT2D eigenvalue weighted by Crippen LogP contribution is 2.28. The van der Waals surface area contributed by atoms with E-state index in [-0.39, 0.29) is 17.9 Å². The average molecular weight is 438 g/mol. The van der Waals surface area contributed by atoms with E-state index in [4.69, 9.17) is 9.47 Å². The van der Waals surface area contributed by atoms with Gasteiger partial charge in [0.25, 0.3) is 0 Å². The molecule has 0 atom stereocenters. The summed E-state index contributed by atoms with van der Waals surface area (Å²) in [6.07, 6.45) is 4.93. The third-order valence-electron chi connectivity index (χ3n) is 5.27. The Bertz CT molecular complexity index is 922. The highest BCUT2D eigenvalue weighted by atomic mass is 16.5. The predicted molar refractivity (Wildman–Crippen MR) is 126 cm³/mol. The number of anilines is 1. The van der Waals surface area contributed by atoms with Crippen LogP contribution < -0.4 is 20.1 Å². The molecule has 1 aliphatic heterocycles. The van der Waals surface area contributed by atoms with E-state index < -0.39 is 0 Å². The number of benzene rings is 2. The number of para-hydroxylation sites is 1. The number of hydrogen-bond donors (Lipinski definition) is 2. The molecule has 2 N–H and O–H groups in total. The van der Waals surface area contributed by atoms with Crippen molar-refractivity contribution >= 4 is 23.6 Å². The minimum Gasteiger partial charge on any atom is -0.493 e. The normalized spacial score (nSPS) is 14.8. The zero-order valence-electron chi connectivity index (χ0n) is 18.7. The summed E-state index contributed by atoms with van der Waals surface area (Å²) in [7, 11) is 1.59. The first kappa shape index (κ1) is 23.3. The monoisotopic (exact) mass is 437 g/mol. The molecule has 0 spiro atoms. The van der Waals surface area contributed by atoms with Gasteiger partial charge < -0.3 is 20.1 Å². The van der Waals surface area contributed by atoms with Gasteiger partial charge in [-0.2, -0.15) is 0 Å². The molecule has 0 unspecified atom stereocenters. The van der Waals surface area contributed by atoms with Crippen LogP contribution >= 0.6 is 0 Å². The van der Waals surface area contributed by atoms with Crippen molar-refractivity contribution in [1.82, 2.24) is 10.2 Å². The van der Waals surface area contributed by atoms with Crippen LogP contribution in [0.4, 0.5) is 5.69 Å². The van der Waals surface area contributed by atoms with Crippen LogP contribution in [0.3, 0.4) is 0 Å². The van der Waals surface area contributed by atoms with Crippen molar-refractivity contribution < 1.29 is 19.1 Å². The molecule has 1 saturated heterocycles. The van der Waals surface area contributed by atoms with E-state index in [1.54, 1.807) is 13.2 Å². The Morgan fingerprint density at radius 2 is 1.84 bits per heavy atom. The molecule has 1 heterocycles. The SMILES string of the molecule is CCOc1ccc(/C=C/C(=O)NC2CCN(CC(=O)Nc3ccccc3)CC2)cc1OC. The van der Waals surface area contributed by atoms with Gasteiger partial charge in [-0.25, -0.2) is 0 Å². The van der Waals surface area contributed by atoms with Gasteiger partial charge in [0.15, 0.2) is 11.5 Å². The molecule has 0 aromatic heterocycles. The lowest BCUT2D eigenvalue weighted by Crippen LogP contribution is -2.46. The van der Waals surface area contributed by atoms with Crippen molar-refractivity contribution in [2.24, 2.45) is 0 Å². The zero-order chi connectivity index (χ0) is 22.8. The lowest BCUT2D eigenvalue weighted by molar-refractivity contribution is -0.119. The van der Waals surface area contributed by atoms with Crippen LogP contribution in [-0.2, 0) is 9.59 Å². The first-order valence-electron chi connectivity index (χ1n) is 10.9. The number of piperidine rings is 1. The number of likely N-dealkylation sites (tertiary alicyclic amines) is 1. The number of hydrogen-bond acceptors (Lipinski definition) is 5. The van der Waals surface area contributed by atoms with Gasteiger partial charge in [0, 0.05) is 30.9 Å². The highest BCUT2D eigenvalue weighted by Gasteiger charge is 2.21. The second-order valence-electron chi connectivity index (χ2n) is 7.65. The Labute approximate surface area is 189 Å². The number of nitrogens with one attached hydrogen (secondary N) is 2. The molecule has 3 rings (SSSR count). The van der Waals surface area contributed by atoms with E-state index >= 15 is 0 Å². The van der Waals surface area contributed by atoms with E-state index in [2.05, 4.69) is 15.5 Å². The maximum absolute atomic E-state index is 12.3. The van der Waals surface area contributed by atoms with Gasteiger partial charge in [0.2, 0.25) is 11.8 Å². The van der Waals surface area contributed by atoms with Gasteiger partial charge in [-0.05, 0) is 55.7 Å². The summed E-state index contributed by atoms with van der Waals surface area (Å²) in [4.78, 5) is 26.7. The molecule has 0 saturated carbocycles. The second-order valence-corrected chi connectivity index (χ2v) is 7.65. The van der Waals surface area contributed by atoms with Gasteiger partial charge in [-0.1, -0.05) is 24.3 Å². The van der Waals surface area contributed by atoms with Crippen LogP contribution in [0.1, 0.15) is 25.3 Å². The first-order valence-corrected chi connectivity index (χ1v) is 10.9. The number of carbonyl (C=O) groups excluding carboxylic acids is 2. The number of ether oxygens (including phenoxy) is 2. The van der Waals surface area contributed by atoms with E-state index in [0.717, 1.165) is 37.2 Å². The molecule has 2 amide bonds. The summed E-state index contributed by atoms with van der Waals surface area (Å²) in [6, 6.07) is 15.1. The van der Waals surface area contributed by atoms with Crippen molar-refractivity contribution in [2.75, 3.05) is 38.7 Å². The molecule has 0 bridgehead atoms. The minimum atomic E-state index is -0.127. The Balaban J connectivity index is 1.42. The van der Waals surface area contributed by atoms with Crippen LogP contribution in [0, 0.1) is 0 Å². The summed E-state index contributed by atoms with van der Waals surface area (Å²) in [6.45, 7) is 4.38. The third kappa shape index (κ3) is 7.13. The van der Waals surface area contributed by atoms with Crippen LogP contribution in [0.5, 0.6) is 11.5 Å². The minimum absolute atomic E-state index is 0.0209. The molecular formula is C25H31N3O4. The molecule has 0 aliphatic carbocycles. The molecule has 7 heteroatoms. The van der Waals surface area contributed by atoms with Crippen LogP contribution in [0.15, 0.2) is 54.6 Å². The lowest BCUT2D eigenvalue weighted by Gasteiger charge is -2.31. The maximum Gasteiger partial charge on any atom is 0.244 e. The van der Waals surface area contributed by atoms with E-state index in [0.29, 0.717) is 24.7 Å². The Hall–Kier alpha value is -3.32. The Kier molecular flexibility index (Phi) is 8.69. The number of methoxy groups -OCH3 is 1. The van der Waals surface area contributed by atoms with E-state index in [9.17, 15) is 9.59 Å². The van der Waals surface area contributed by atoms with Crippen molar-refractivity contribution in [2.45, 2.75) is 25.8 Å². The second kappa shape index (κ2) is 11.9. The van der Waals surface area contributed by atoms with Gasteiger partial charge in [-0.15, -0.1) is 0 Å². The fourth-order valence-electron chi connectivity index (χ4n) is 3.64. The van der Waals surface area contributed by atoms with Gasteiger partial charge in [0.1, 0.15) is 0 Å². The highest BCUT2D eigenvalue weighted by molar-refractivity contribution is 5.92.